The SMILES string of the molecule is Cc1cc(C)c(O)c(C(=O)N2CCCCC2CCO)c1. The van der Waals surface area contributed by atoms with Gasteiger partial charge in [-0.15, -0.1) is 0 Å². The van der Waals surface area contributed by atoms with E-state index < -0.39 is 0 Å². The fourth-order valence-corrected chi connectivity index (χ4v) is 2.99. The summed E-state index contributed by atoms with van der Waals surface area (Å²) in [4.78, 5) is 14.5. The molecule has 1 amide bonds. The van der Waals surface area contributed by atoms with Gasteiger partial charge in [0.05, 0.1) is 5.56 Å². The molecule has 0 radical (unpaired) electrons. The summed E-state index contributed by atoms with van der Waals surface area (Å²) in [6.07, 6.45) is 3.61. The molecule has 1 aliphatic heterocycles. The lowest BCUT2D eigenvalue weighted by Crippen LogP contribution is -2.44. The number of aliphatic hydroxyl groups is 1. The number of phenolic OH excluding ortho intramolecular Hbond substituents is 1. The number of aromatic hydroxyl groups is 1. The molecule has 0 saturated carbocycles. The second-order valence-electron chi connectivity index (χ2n) is 5.64. The lowest BCUT2D eigenvalue weighted by molar-refractivity contribution is 0.0571. The highest BCUT2D eigenvalue weighted by molar-refractivity contribution is 5.97. The third-order valence-electron chi connectivity index (χ3n) is 4.03. The maximum atomic E-state index is 12.7. The molecule has 1 heterocycles. The summed E-state index contributed by atoms with van der Waals surface area (Å²) < 4.78 is 0. The Morgan fingerprint density at radius 3 is 2.80 bits per heavy atom. The summed E-state index contributed by atoms with van der Waals surface area (Å²) in [6.45, 7) is 4.52. The maximum absolute atomic E-state index is 12.7. The fourth-order valence-electron chi connectivity index (χ4n) is 2.99. The van der Waals surface area contributed by atoms with Gasteiger partial charge < -0.3 is 15.1 Å². The minimum absolute atomic E-state index is 0.0777. The van der Waals surface area contributed by atoms with Crippen molar-refractivity contribution in [3.8, 4) is 5.75 Å². The summed E-state index contributed by atoms with van der Waals surface area (Å²) in [5.41, 5.74) is 2.08. The predicted octanol–water partition coefficient (Wildman–Crippen LogP) is 2.39. The Balaban J connectivity index is 2.29. The molecule has 1 unspecified atom stereocenters. The van der Waals surface area contributed by atoms with E-state index >= 15 is 0 Å². The van der Waals surface area contributed by atoms with Gasteiger partial charge in [0.15, 0.2) is 0 Å². The number of hydrogen-bond donors (Lipinski definition) is 2. The van der Waals surface area contributed by atoms with Crippen LogP contribution >= 0.6 is 0 Å². The van der Waals surface area contributed by atoms with Crippen LogP contribution in [0.5, 0.6) is 5.75 Å². The number of carbonyl (C=O) groups is 1. The number of likely N-dealkylation sites (tertiary alicyclic amines) is 1. The highest BCUT2D eigenvalue weighted by Gasteiger charge is 2.28. The number of rotatable bonds is 3. The first-order valence-electron chi connectivity index (χ1n) is 7.26. The smallest absolute Gasteiger partial charge is 0.257 e. The molecule has 1 fully saturated rings. The Bertz CT molecular complexity index is 497. The molecule has 1 saturated heterocycles. The van der Waals surface area contributed by atoms with Crippen molar-refractivity contribution in [2.75, 3.05) is 13.2 Å². The average molecular weight is 277 g/mol. The molecule has 1 atom stereocenters. The molecule has 0 bridgehead atoms. The van der Waals surface area contributed by atoms with Crippen LogP contribution in [0.25, 0.3) is 0 Å². The zero-order valence-corrected chi connectivity index (χ0v) is 12.2. The van der Waals surface area contributed by atoms with E-state index in [1.807, 2.05) is 17.9 Å². The summed E-state index contributed by atoms with van der Waals surface area (Å²) >= 11 is 0. The molecular weight excluding hydrogens is 254 g/mol. The van der Waals surface area contributed by atoms with Crippen molar-refractivity contribution in [3.63, 3.8) is 0 Å². The van der Waals surface area contributed by atoms with Crippen LogP contribution in [-0.2, 0) is 0 Å². The van der Waals surface area contributed by atoms with E-state index in [0.29, 0.717) is 18.5 Å². The number of phenols is 1. The van der Waals surface area contributed by atoms with Crippen molar-refractivity contribution in [2.24, 2.45) is 0 Å². The molecule has 20 heavy (non-hydrogen) atoms. The van der Waals surface area contributed by atoms with E-state index in [4.69, 9.17) is 5.11 Å². The summed E-state index contributed by atoms with van der Waals surface area (Å²) in [7, 11) is 0. The van der Waals surface area contributed by atoms with Crippen LogP contribution in [0.2, 0.25) is 0 Å². The van der Waals surface area contributed by atoms with Crippen molar-refractivity contribution in [3.05, 3.63) is 28.8 Å². The number of carbonyl (C=O) groups excluding carboxylic acids is 1. The van der Waals surface area contributed by atoms with Gasteiger partial charge in [-0.25, -0.2) is 0 Å². The van der Waals surface area contributed by atoms with Gasteiger partial charge >= 0.3 is 0 Å². The molecular formula is C16H23NO3. The second kappa shape index (κ2) is 6.27. The summed E-state index contributed by atoms with van der Waals surface area (Å²) in [5.74, 6) is -0.0404. The van der Waals surface area contributed by atoms with Gasteiger partial charge in [-0.3, -0.25) is 4.79 Å². The number of amides is 1. The van der Waals surface area contributed by atoms with Gasteiger partial charge in [0.25, 0.3) is 5.91 Å². The van der Waals surface area contributed by atoms with E-state index in [9.17, 15) is 9.90 Å². The van der Waals surface area contributed by atoms with Crippen LogP contribution in [0.1, 0.15) is 47.2 Å². The third kappa shape index (κ3) is 2.96. The average Bonchev–Trinajstić information content (AvgIpc) is 2.43. The first-order chi connectivity index (χ1) is 9.54. The standard InChI is InChI=1S/C16H23NO3/c1-11-9-12(2)15(19)14(10-11)16(20)17-7-4-3-5-13(17)6-8-18/h9-10,13,18-19H,3-8H2,1-2H3. The van der Waals surface area contributed by atoms with Crippen LogP contribution in [-0.4, -0.2) is 40.2 Å². The summed E-state index contributed by atoms with van der Waals surface area (Å²) in [6, 6.07) is 3.70. The van der Waals surface area contributed by atoms with Gasteiger partial charge in [-0.05, 0) is 56.7 Å². The van der Waals surface area contributed by atoms with Crippen molar-refractivity contribution in [2.45, 2.75) is 45.6 Å². The Morgan fingerprint density at radius 1 is 1.35 bits per heavy atom. The molecule has 110 valence electrons. The van der Waals surface area contributed by atoms with Crippen LogP contribution in [0.3, 0.4) is 0 Å². The van der Waals surface area contributed by atoms with Crippen LogP contribution in [0.4, 0.5) is 0 Å². The molecule has 2 N–H and O–H groups in total. The lowest BCUT2D eigenvalue weighted by atomic mass is 9.97. The second-order valence-corrected chi connectivity index (χ2v) is 5.64. The van der Waals surface area contributed by atoms with E-state index in [0.717, 1.165) is 30.4 Å². The normalized spacial score (nSPS) is 19.1. The summed E-state index contributed by atoms with van der Waals surface area (Å²) in [5, 5.41) is 19.3. The Hall–Kier alpha value is -1.55. The molecule has 0 aliphatic carbocycles. The highest BCUT2D eigenvalue weighted by Crippen LogP contribution is 2.28. The van der Waals surface area contributed by atoms with Gasteiger partial charge in [0, 0.05) is 19.2 Å². The first kappa shape index (κ1) is 14.9. The van der Waals surface area contributed by atoms with Crippen LogP contribution in [0.15, 0.2) is 12.1 Å². The molecule has 1 aromatic rings. The lowest BCUT2D eigenvalue weighted by Gasteiger charge is -2.36. The zero-order chi connectivity index (χ0) is 14.7. The quantitative estimate of drug-likeness (QED) is 0.891. The van der Waals surface area contributed by atoms with E-state index in [-0.39, 0.29) is 24.3 Å². The Kier molecular flexibility index (Phi) is 4.65. The third-order valence-corrected chi connectivity index (χ3v) is 4.03. The Morgan fingerprint density at radius 2 is 2.10 bits per heavy atom. The van der Waals surface area contributed by atoms with Gasteiger partial charge in [-0.1, -0.05) is 6.07 Å². The minimum atomic E-state index is -0.118. The van der Waals surface area contributed by atoms with Crippen LogP contribution in [0, 0.1) is 13.8 Å². The zero-order valence-electron chi connectivity index (χ0n) is 12.2. The van der Waals surface area contributed by atoms with Crippen molar-refractivity contribution in [1.29, 1.82) is 0 Å². The number of nitrogens with zero attached hydrogens (tertiary/aromatic N) is 1. The predicted molar refractivity (Wildman–Crippen MR) is 78.0 cm³/mol. The molecule has 4 nitrogen and oxygen atoms in total. The molecule has 0 spiro atoms. The minimum Gasteiger partial charge on any atom is -0.507 e. The number of benzene rings is 1. The van der Waals surface area contributed by atoms with Gasteiger partial charge in [0.2, 0.25) is 0 Å². The van der Waals surface area contributed by atoms with Gasteiger partial charge in [-0.2, -0.15) is 0 Å². The molecule has 1 aromatic carbocycles. The van der Waals surface area contributed by atoms with Crippen molar-refractivity contribution in [1.82, 2.24) is 4.90 Å². The highest BCUT2D eigenvalue weighted by atomic mass is 16.3. The van der Waals surface area contributed by atoms with E-state index in [1.165, 1.54) is 0 Å². The maximum Gasteiger partial charge on any atom is 0.257 e. The Labute approximate surface area is 120 Å². The monoisotopic (exact) mass is 277 g/mol. The number of aryl methyl sites for hydroxylation is 2. The van der Waals surface area contributed by atoms with Crippen molar-refractivity contribution >= 4 is 5.91 Å². The molecule has 2 rings (SSSR count). The van der Waals surface area contributed by atoms with Crippen molar-refractivity contribution < 1.29 is 15.0 Å². The molecule has 4 heteroatoms. The first-order valence-corrected chi connectivity index (χ1v) is 7.26. The largest absolute Gasteiger partial charge is 0.507 e. The number of aliphatic hydroxyl groups excluding tert-OH is 1. The molecule has 0 aromatic heterocycles. The topological polar surface area (TPSA) is 60.8 Å². The van der Waals surface area contributed by atoms with Crippen LogP contribution < -0.4 is 0 Å². The number of piperidine rings is 1. The number of hydrogen-bond acceptors (Lipinski definition) is 3. The van der Waals surface area contributed by atoms with E-state index in [1.54, 1.807) is 13.0 Å². The fraction of sp³-hybridized carbons (Fsp3) is 0.562. The van der Waals surface area contributed by atoms with E-state index in [2.05, 4.69) is 0 Å². The molecule has 1 aliphatic rings. The van der Waals surface area contributed by atoms with Gasteiger partial charge in [0.1, 0.15) is 5.75 Å².